The van der Waals surface area contributed by atoms with Crippen LogP contribution in [0.2, 0.25) is 0 Å². The van der Waals surface area contributed by atoms with Crippen LogP contribution in [0.3, 0.4) is 0 Å². The fourth-order valence-electron chi connectivity index (χ4n) is 1.49. The molecule has 0 bridgehead atoms. The van der Waals surface area contributed by atoms with E-state index in [1.165, 1.54) is 18.2 Å². The molecule has 0 aliphatic rings. The third-order valence-electron chi connectivity index (χ3n) is 2.27. The highest BCUT2D eigenvalue weighted by atomic mass is 32.2. The maximum atomic E-state index is 12.0. The summed E-state index contributed by atoms with van der Waals surface area (Å²) in [5, 5.41) is 8.37. The number of nitrogens with one attached hydrogen (secondary N) is 1. The van der Waals surface area contributed by atoms with E-state index >= 15 is 0 Å². The lowest BCUT2D eigenvalue weighted by molar-refractivity contribution is -0.253. The van der Waals surface area contributed by atoms with Crippen molar-refractivity contribution in [2.24, 2.45) is 0 Å². The van der Waals surface area contributed by atoms with Crippen LogP contribution in [0.25, 0.3) is 0 Å². The molecule has 0 heterocycles. The van der Waals surface area contributed by atoms with Gasteiger partial charge in [0.2, 0.25) is 10.0 Å². The Morgan fingerprint density at radius 1 is 1.33 bits per heavy atom. The van der Waals surface area contributed by atoms with Crippen LogP contribution in [0.4, 0.5) is 0 Å². The number of ether oxygens (including phenoxy) is 1. The lowest BCUT2D eigenvalue weighted by atomic mass is 10.2. The average molecular weight is 317 g/mol. The van der Waals surface area contributed by atoms with Crippen LogP contribution in [0.5, 0.6) is 0 Å². The van der Waals surface area contributed by atoms with Crippen molar-refractivity contribution in [3.05, 3.63) is 29.8 Å². The van der Waals surface area contributed by atoms with Gasteiger partial charge in [-0.2, -0.15) is 4.72 Å². The minimum absolute atomic E-state index is 0.0272. The van der Waals surface area contributed by atoms with Crippen LogP contribution < -0.4 is 4.72 Å². The topological polar surface area (TPSA) is 102 Å². The van der Waals surface area contributed by atoms with Gasteiger partial charge in [-0.1, -0.05) is 12.1 Å². The maximum Gasteiger partial charge on any atom is 0.321 e. The summed E-state index contributed by atoms with van der Waals surface area (Å²) < 4.78 is 31.2. The first-order chi connectivity index (χ1) is 9.64. The zero-order chi connectivity index (χ0) is 16.1. The molecule has 0 aliphatic carbocycles. The normalized spacial score (nSPS) is 12.2. The number of carbonyl (C=O) groups excluding carboxylic acids is 1. The Hall–Kier alpha value is -1.48. The summed E-state index contributed by atoms with van der Waals surface area (Å²) in [4.78, 5) is 15.4. The first-order valence-electron chi connectivity index (χ1n) is 6.21. The molecular weight excluding hydrogens is 298 g/mol. The molecule has 0 aromatic heterocycles. The van der Waals surface area contributed by atoms with Crippen molar-refractivity contribution in [2.45, 2.75) is 37.9 Å². The summed E-state index contributed by atoms with van der Waals surface area (Å²) in [6.45, 7) is 4.49. The van der Waals surface area contributed by atoms with Crippen LogP contribution in [-0.4, -0.2) is 31.8 Å². The Morgan fingerprint density at radius 3 is 2.57 bits per heavy atom. The van der Waals surface area contributed by atoms with Gasteiger partial charge in [-0.3, -0.25) is 10.1 Å². The van der Waals surface area contributed by atoms with Crippen molar-refractivity contribution < 1.29 is 28.1 Å². The van der Waals surface area contributed by atoms with Gasteiger partial charge >= 0.3 is 5.97 Å². The van der Waals surface area contributed by atoms with Gasteiger partial charge in [0, 0.05) is 0 Å². The summed E-state index contributed by atoms with van der Waals surface area (Å²) in [6.07, 6.45) is 0. The number of hydrogen-bond donors (Lipinski definition) is 2. The number of rotatable bonds is 6. The summed E-state index contributed by atoms with van der Waals surface area (Å²) in [7, 11) is -3.84. The van der Waals surface area contributed by atoms with Crippen molar-refractivity contribution in [1.29, 1.82) is 0 Å². The lowest BCUT2D eigenvalue weighted by Gasteiger charge is -2.19. The zero-order valence-electron chi connectivity index (χ0n) is 12.1. The molecule has 0 atom stereocenters. The predicted molar refractivity (Wildman–Crippen MR) is 74.9 cm³/mol. The van der Waals surface area contributed by atoms with Gasteiger partial charge in [-0.15, -0.1) is 0 Å². The number of sulfonamides is 1. The molecule has 1 aromatic carbocycles. The van der Waals surface area contributed by atoms with Gasteiger partial charge in [0.25, 0.3) is 0 Å². The maximum absolute atomic E-state index is 12.0. The highest BCUT2D eigenvalue weighted by molar-refractivity contribution is 7.89. The second kappa shape index (κ2) is 6.99. The van der Waals surface area contributed by atoms with Gasteiger partial charge in [0.15, 0.2) is 0 Å². The highest BCUT2D eigenvalue weighted by Crippen LogP contribution is 2.12. The van der Waals surface area contributed by atoms with E-state index in [1.54, 1.807) is 26.8 Å². The first-order valence-corrected chi connectivity index (χ1v) is 7.69. The summed E-state index contributed by atoms with van der Waals surface area (Å²) in [6, 6.07) is 5.82. The first kappa shape index (κ1) is 17.6. The van der Waals surface area contributed by atoms with Crippen LogP contribution in [0.1, 0.15) is 26.3 Å². The number of carbonyl (C=O) groups is 1. The predicted octanol–water partition coefficient (Wildman–Crippen LogP) is 1.30. The Morgan fingerprint density at radius 2 is 2.00 bits per heavy atom. The molecule has 0 aliphatic heterocycles. The second-order valence-corrected chi connectivity index (χ2v) is 7.10. The summed E-state index contributed by atoms with van der Waals surface area (Å²) >= 11 is 0. The molecule has 2 N–H and O–H groups in total. The monoisotopic (exact) mass is 317 g/mol. The van der Waals surface area contributed by atoms with Crippen molar-refractivity contribution >= 4 is 16.0 Å². The van der Waals surface area contributed by atoms with Crippen LogP contribution in [-0.2, 0) is 31.0 Å². The van der Waals surface area contributed by atoms with Crippen LogP contribution in [0, 0.1) is 0 Å². The molecule has 0 radical (unpaired) electrons. The Bertz CT molecular complexity index is 591. The van der Waals surface area contributed by atoms with Gasteiger partial charge in [-0.25, -0.2) is 13.3 Å². The fraction of sp³-hybridized carbons (Fsp3) is 0.462. The zero-order valence-corrected chi connectivity index (χ0v) is 12.9. The minimum atomic E-state index is -3.84. The van der Waals surface area contributed by atoms with Crippen LogP contribution in [0.15, 0.2) is 29.2 Å². The van der Waals surface area contributed by atoms with Gasteiger partial charge in [0.05, 0.1) is 4.90 Å². The fourth-order valence-corrected chi connectivity index (χ4v) is 2.53. The number of hydrogen-bond acceptors (Lipinski definition) is 6. The molecule has 0 saturated carbocycles. The van der Waals surface area contributed by atoms with E-state index in [1.807, 2.05) is 0 Å². The largest absolute Gasteiger partial charge is 0.459 e. The molecule has 118 valence electrons. The SMILES string of the molecule is CC(C)(C)OC(=O)CNS(=O)(=O)c1cccc(COO)c1. The molecule has 1 rings (SSSR count). The molecule has 1 aromatic rings. The van der Waals surface area contributed by atoms with E-state index in [2.05, 4.69) is 9.61 Å². The van der Waals surface area contributed by atoms with E-state index in [-0.39, 0.29) is 11.5 Å². The van der Waals surface area contributed by atoms with Crippen LogP contribution >= 0.6 is 0 Å². The lowest BCUT2D eigenvalue weighted by Crippen LogP contribution is -2.34. The Kier molecular flexibility index (Phi) is 5.85. The second-order valence-electron chi connectivity index (χ2n) is 5.33. The van der Waals surface area contributed by atoms with Gasteiger partial charge in [-0.05, 0) is 38.5 Å². The van der Waals surface area contributed by atoms with Gasteiger partial charge < -0.3 is 4.74 Å². The molecular formula is C13H19NO6S. The van der Waals surface area contributed by atoms with E-state index < -0.39 is 28.1 Å². The van der Waals surface area contributed by atoms with Crippen molar-refractivity contribution in [1.82, 2.24) is 4.72 Å². The molecule has 0 amide bonds. The minimum Gasteiger partial charge on any atom is -0.459 e. The van der Waals surface area contributed by atoms with Crippen molar-refractivity contribution in [3.63, 3.8) is 0 Å². The molecule has 0 unspecified atom stereocenters. The van der Waals surface area contributed by atoms with E-state index in [0.29, 0.717) is 5.56 Å². The standard InChI is InChI=1S/C13H19NO6S/c1-13(2,3)20-12(15)8-14-21(17,18)11-6-4-5-10(7-11)9-19-16/h4-7,14,16H,8-9H2,1-3H3. The van der Waals surface area contributed by atoms with E-state index in [9.17, 15) is 13.2 Å². The van der Waals surface area contributed by atoms with E-state index in [4.69, 9.17) is 9.99 Å². The molecule has 8 heteroatoms. The number of esters is 1. The highest BCUT2D eigenvalue weighted by Gasteiger charge is 2.20. The number of benzene rings is 1. The third-order valence-corrected chi connectivity index (χ3v) is 3.67. The van der Waals surface area contributed by atoms with Crippen molar-refractivity contribution in [3.8, 4) is 0 Å². The Balaban J connectivity index is 2.73. The summed E-state index contributed by atoms with van der Waals surface area (Å²) in [5.74, 6) is -0.666. The van der Waals surface area contributed by atoms with E-state index in [0.717, 1.165) is 0 Å². The quantitative estimate of drug-likeness (QED) is 0.466. The molecule has 0 saturated heterocycles. The molecule has 21 heavy (non-hydrogen) atoms. The molecule has 0 fully saturated rings. The van der Waals surface area contributed by atoms with Gasteiger partial charge in [0.1, 0.15) is 18.8 Å². The molecule has 0 spiro atoms. The average Bonchev–Trinajstić information content (AvgIpc) is 2.35. The van der Waals surface area contributed by atoms with Crippen molar-refractivity contribution in [2.75, 3.05) is 6.54 Å². The summed E-state index contributed by atoms with van der Waals surface area (Å²) in [5.41, 5.74) is -0.196. The molecule has 7 nitrogen and oxygen atoms in total. The smallest absolute Gasteiger partial charge is 0.321 e. The third kappa shape index (κ3) is 6.21. The Labute approximate surface area is 123 Å².